The van der Waals surface area contributed by atoms with Crippen LogP contribution in [0.25, 0.3) is 34.1 Å². The molecule has 0 amide bonds. The molecule has 293 valence electrons. The molecular formula is C42H36Br2CuN8O4. The van der Waals surface area contributed by atoms with E-state index in [0.29, 0.717) is 0 Å². The molecular weight excluding hydrogens is 904 g/mol. The van der Waals surface area contributed by atoms with Crippen molar-refractivity contribution in [2.75, 3.05) is 10.6 Å². The molecule has 0 bridgehead atoms. The summed E-state index contributed by atoms with van der Waals surface area (Å²) in [5.41, 5.74) is 7.61. The molecule has 8 rings (SSSR count). The van der Waals surface area contributed by atoms with Crippen LogP contribution in [0.15, 0.2) is 155 Å². The van der Waals surface area contributed by atoms with Crippen LogP contribution in [0.5, 0.6) is 0 Å². The molecule has 57 heavy (non-hydrogen) atoms. The fourth-order valence-corrected chi connectivity index (χ4v) is 5.98. The van der Waals surface area contributed by atoms with E-state index in [1.54, 1.807) is 12.4 Å². The molecule has 0 fully saturated rings. The van der Waals surface area contributed by atoms with E-state index in [1.807, 2.05) is 109 Å². The van der Waals surface area contributed by atoms with Gasteiger partial charge in [-0.25, -0.2) is 9.97 Å². The van der Waals surface area contributed by atoms with Crippen molar-refractivity contribution in [3.63, 3.8) is 0 Å². The van der Waals surface area contributed by atoms with E-state index in [9.17, 15) is 0 Å². The second-order valence-corrected chi connectivity index (χ2v) is 13.7. The average Bonchev–Trinajstić information content (AvgIpc) is 3.75. The fraction of sp³-hybridized carbons (Fsp3) is 0.0952. The van der Waals surface area contributed by atoms with Crippen molar-refractivity contribution in [1.82, 2.24) is 28.7 Å². The molecule has 15 heteroatoms. The van der Waals surface area contributed by atoms with Gasteiger partial charge in [-0.05, 0) is 105 Å². The summed E-state index contributed by atoms with van der Waals surface area (Å²) in [5, 5.41) is 24.8. The van der Waals surface area contributed by atoms with Crippen molar-refractivity contribution in [3.8, 4) is 22.8 Å². The molecule has 0 aliphatic carbocycles. The summed E-state index contributed by atoms with van der Waals surface area (Å²) < 4.78 is 6.11. The molecule has 0 saturated heterocycles. The van der Waals surface area contributed by atoms with E-state index in [2.05, 4.69) is 85.5 Å². The molecule has 0 unspecified atom stereocenters. The van der Waals surface area contributed by atoms with Gasteiger partial charge in [0.15, 0.2) is 0 Å². The van der Waals surface area contributed by atoms with Crippen LogP contribution in [0, 0.1) is 0 Å². The van der Waals surface area contributed by atoms with Crippen LogP contribution in [0.2, 0.25) is 0 Å². The Morgan fingerprint density at radius 1 is 0.561 bits per heavy atom. The van der Waals surface area contributed by atoms with E-state index in [0.717, 1.165) is 81.6 Å². The van der Waals surface area contributed by atoms with Gasteiger partial charge in [-0.3, -0.25) is 18.8 Å². The number of imidazole rings is 2. The number of aliphatic carboxylic acids is 2. The summed E-state index contributed by atoms with van der Waals surface area (Å²) >= 11 is 7.07. The second kappa shape index (κ2) is 22.0. The van der Waals surface area contributed by atoms with Crippen molar-refractivity contribution in [3.05, 3.63) is 166 Å². The molecule has 6 aromatic heterocycles. The summed E-state index contributed by atoms with van der Waals surface area (Å²) in [4.78, 5) is 36.2. The Labute approximate surface area is 356 Å². The largest absolute Gasteiger partial charge is 2.00 e. The summed E-state index contributed by atoms with van der Waals surface area (Å²) in [5.74, 6) is -0.289. The Hall–Kier alpha value is -5.86. The molecule has 0 saturated carbocycles. The number of carboxylic acids is 2. The van der Waals surface area contributed by atoms with E-state index < -0.39 is 11.9 Å². The van der Waals surface area contributed by atoms with E-state index in [-0.39, 0.29) is 17.1 Å². The van der Waals surface area contributed by atoms with Crippen molar-refractivity contribution in [2.45, 2.75) is 26.9 Å². The zero-order valence-electron chi connectivity index (χ0n) is 30.6. The average molecular weight is 940 g/mol. The molecule has 0 aliphatic heterocycles. The summed E-state index contributed by atoms with van der Waals surface area (Å²) in [7, 11) is 0. The van der Waals surface area contributed by atoms with Crippen LogP contribution >= 0.6 is 31.9 Å². The zero-order valence-corrected chi connectivity index (χ0v) is 34.8. The topological polar surface area (TPSA) is 165 Å². The Morgan fingerprint density at radius 3 is 1.25 bits per heavy atom. The number of fused-ring (bicyclic) bond motifs is 2. The van der Waals surface area contributed by atoms with Gasteiger partial charge in [-0.1, -0.05) is 72.8 Å². The molecule has 8 aromatic rings. The number of halogens is 2. The number of hydrogen-bond acceptors (Lipinski definition) is 10. The predicted octanol–water partition coefficient (Wildman–Crippen LogP) is 7.05. The van der Waals surface area contributed by atoms with Crippen molar-refractivity contribution < 1.29 is 36.9 Å². The van der Waals surface area contributed by atoms with Gasteiger partial charge in [-0.15, -0.1) is 0 Å². The van der Waals surface area contributed by atoms with Gasteiger partial charge >= 0.3 is 17.1 Å². The van der Waals surface area contributed by atoms with Gasteiger partial charge in [0.05, 0.1) is 11.4 Å². The number of benzene rings is 2. The maximum atomic E-state index is 8.89. The zero-order chi connectivity index (χ0) is 39.9. The van der Waals surface area contributed by atoms with E-state index >= 15 is 0 Å². The van der Waals surface area contributed by atoms with Crippen LogP contribution < -0.4 is 20.8 Å². The monoisotopic (exact) mass is 937 g/mol. The number of nitrogens with zero attached hydrogens (tertiary/aromatic N) is 6. The number of carbonyl (C=O) groups is 2. The number of rotatable bonds is 8. The molecule has 0 aliphatic rings. The molecule has 0 atom stereocenters. The first-order chi connectivity index (χ1) is 27.1. The maximum Gasteiger partial charge on any atom is 2.00 e. The molecule has 12 nitrogen and oxygen atoms in total. The summed E-state index contributed by atoms with van der Waals surface area (Å²) in [6.45, 7) is 3.39. The SMILES string of the molecule is Brc1ccc2nc(-c3ccccn3)c(NCc3ccccc3)n2c1.Brc1ccc2nc(-c3ccccn3)c(NCc3ccccc3)n2c1.CC(=O)[O-].CC(=O)[O-].[Cu+2]. The Balaban J connectivity index is 0.000000210. The second-order valence-electron chi connectivity index (χ2n) is 11.9. The minimum atomic E-state index is -1.08. The third-order valence-electron chi connectivity index (χ3n) is 7.59. The standard InChI is InChI=1S/2C19H15BrN4.2C2H4O2.Cu/c2*20-15-9-10-17-23-18(16-8-4-5-11-21-16)19(24(17)13-15)22-12-14-6-2-1-3-7-14;2*1-2(3)4;/h2*1-11,13,22H,12H2;2*1H3,(H,3,4);/q;;;;+2/p-2. The smallest absolute Gasteiger partial charge is 0.550 e. The molecule has 2 aromatic carbocycles. The van der Waals surface area contributed by atoms with Crippen LogP contribution in [0.1, 0.15) is 25.0 Å². The molecule has 0 spiro atoms. The third-order valence-corrected chi connectivity index (χ3v) is 8.52. The first kappa shape index (κ1) is 43.9. The molecule has 2 N–H and O–H groups in total. The summed E-state index contributed by atoms with van der Waals surface area (Å²) in [6, 6.07) is 40.3. The number of pyridine rings is 4. The first-order valence-corrected chi connectivity index (χ1v) is 18.8. The van der Waals surface area contributed by atoms with Gasteiger partial charge in [0.2, 0.25) is 0 Å². The molecule has 1 radical (unpaired) electrons. The number of anilines is 2. The van der Waals surface area contributed by atoms with E-state index in [1.165, 1.54) is 11.1 Å². The van der Waals surface area contributed by atoms with Crippen molar-refractivity contribution in [1.29, 1.82) is 0 Å². The van der Waals surface area contributed by atoms with Crippen LogP contribution in [0.3, 0.4) is 0 Å². The third kappa shape index (κ3) is 13.1. The van der Waals surface area contributed by atoms with E-state index in [4.69, 9.17) is 29.8 Å². The minimum absolute atomic E-state index is 0. The van der Waals surface area contributed by atoms with Gasteiger partial charge in [0.1, 0.15) is 34.3 Å². The van der Waals surface area contributed by atoms with Crippen molar-refractivity contribution in [2.24, 2.45) is 0 Å². The number of carbonyl (C=O) groups excluding carboxylic acids is 2. The van der Waals surface area contributed by atoms with Crippen LogP contribution in [-0.2, 0) is 39.7 Å². The quantitative estimate of drug-likeness (QED) is 0.151. The molecule has 6 heterocycles. The summed E-state index contributed by atoms with van der Waals surface area (Å²) in [6.07, 6.45) is 7.61. The Kier molecular flexibility index (Phi) is 16.9. The minimum Gasteiger partial charge on any atom is -0.550 e. The number of hydrogen-bond donors (Lipinski definition) is 2. The normalized spacial score (nSPS) is 10.0. The fourth-order valence-electron chi connectivity index (χ4n) is 5.30. The number of carboxylic acid groups (broad SMARTS) is 2. The van der Waals surface area contributed by atoms with Crippen LogP contribution in [-0.4, -0.2) is 40.7 Å². The van der Waals surface area contributed by atoms with Gasteiger partial charge < -0.3 is 30.4 Å². The van der Waals surface area contributed by atoms with Gasteiger partial charge in [0, 0.05) is 58.8 Å². The van der Waals surface area contributed by atoms with Gasteiger partial charge in [0.25, 0.3) is 0 Å². The Morgan fingerprint density at radius 2 is 0.912 bits per heavy atom. The maximum absolute atomic E-state index is 8.89. The van der Waals surface area contributed by atoms with Crippen LogP contribution in [0.4, 0.5) is 11.6 Å². The Bertz CT molecular complexity index is 2310. The van der Waals surface area contributed by atoms with Crippen molar-refractivity contribution >= 4 is 66.7 Å². The first-order valence-electron chi connectivity index (χ1n) is 17.2. The number of nitrogens with one attached hydrogen (secondary N) is 2. The number of aromatic nitrogens is 6. The van der Waals surface area contributed by atoms with Gasteiger partial charge in [-0.2, -0.15) is 0 Å². The predicted molar refractivity (Wildman–Crippen MR) is 221 cm³/mol.